The van der Waals surface area contributed by atoms with Crippen molar-refractivity contribution >= 4 is 11.0 Å². The van der Waals surface area contributed by atoms with Gasteiger partial charge in [0, 0.05) is 7.11 Å². The maximum Gasteiger partial charge on any atom is 0.126 e. The van der Waals surface area contributed by atoms with E-state index in [2.05, 4.69) is 9.97 Å². The van der Waals surface area contributed by atoms with Crippen LogP contribution in [0.5, 0.6) is 0 Å². The molecule has 1 aromatic carbocycles. The number of H-pyrrole nitrogens is 1. The van der Waals surface area contributed by atoms with Crippen molar-refractivity contribution in [3.05, 3.63) is 29.8 Å². The van der Waals surface area contributed by atoms with Gasteiger partial charge < -0.3 is 15.5 Å². The lowest BCUT2D eigenvalue weighted by Gasteiger charge is -2.05. The summed E-state index contributed by atoms with van der Waals surface area (Å²) in [5.41, 5.74) is 7.15. The second-order valence-electron chi connectivity index (χ2n) is 3.35. The van der Waals surface area contributed by atoms with E-state index in [1.54, 1.807) is 13.2 Å². The molecular weight excluding hydrogens is 197 g/mol. The standard InChI is InChI=1S/C10H12FN3O/c1-15-5-7(12)10-13-8-3-2-6(11)4-9(8)14-10/h2-4,7H,5,12H2,1H3,(H,13,14). The predicted molar refractivity (Wildman–Crippen MR) is 54.9 cm³/mol. The molecule has 0 spiro atoms. The molecule has 0 amide bonds. The second-order valence-corrected chi connectivity index (χ2v) is 3.35. The summed E-state index contributed by atoms with van der Waals surface area (Å²) < 4.78 is 17.8. The van der Waals surface area contributed by atoms with Crippen molar-refractivity contribution in [2.24, 2.45) is 5.73 Å². The van der Waals surface area contributed by atoms with Crippen molar-refractivity contribution in [3.8, 4) is 0 Å². The lowest BCUT2D eigenvalue weighted by Crippen LogP contribution is -2.17. The van der Waals surface area contributed by atoms with Gasteiger partial charge in [-0.1, -0.05) is 0 Å². The summed E-state index contributed by atoms with van der Waals surface area (Å²) in [6.07, 6.45) is 0. The van der Waals surface area contributed by atoms with Crippen LogP contribution in [-0.2, 0) is 4.74 Å². The summed E-state index contributed by atoms with van der Waals surface area (Å²) in [6, 6.07) is 4.06. The Morgan fingerprint density at radius 3 is 3.13 bits per heavy atom. The molecule has 1 aromatic heterocycles. The van der Waals surface area contributed by atoms with Crippen LogP contribution in [0.15, 0.2) is 18.2 Å². The molecule has 0 saturated carbocycles. The van der Waals surface area contributed by atoms with E-state index >= 15 is 0 Å². The second kappa shape index (κ2) is 3.96. The highest BCUT2D eigenvalue weighted by Gasteiger charge is 2.10. The molecule has 0 aliphatic heterocycles. The topological polar surface area (TPSA) is 63.9 Å². The molecule has 2 aromatic rings. The fourth-order valence-corrected chi connectivity index (χ4v) is 1.44. The zero-order valence-corrected chi connectivity index (χ0v) is 8.33. The van der Waals surface area contributed by atoms with Crippen LogP contribution < -0.4 is 5.73 Å². The molecule has 1 heterocycles. The minimum atomic E-state index is -0.314. The highest BCUT2D eigenvalue weighted by atomic mass is 19.1. The van der Waals surface area contributed by atoms with Crippen molar-refractivity contribution in [1.29, 1.82) is 0 Å². The van der Waals surface area contributed by atoms with E-state index in [1.165, 1.54) is 12.1 Å². The van der Waals surface area contributed by atoms with Crippen molar-refractivity contribution in [1.82, 2.24) is 9.97 Å². The van der Waals surface area contributed by atoms with Gasteiger partial charge in [-0.15, -0.1) is 0 Å². The smallest absolute Gasteiger partial charge is 0.126 e. The Morgan fingerprint density at radius 2 is 2.40 bits per heavy atom. The molecule has 80 valence electrons. The number of aromatic amines is 1. The van der Waals surface area contributed by atoms with Gasteiger partial charge in [-0.3, -0.25) is 0 Å². The minimum absolute atomic E-state index is 0.294. The van der Waals surface area contributed by atoms with Crippen LogP contribution in [0.4, 0.5) is 4.39 Å². The molecule has 0 bridgehead atoms. The maximum atomic E-state index is 12.9. The first-order chi connectivity index (χ1) is 7.20. The number of hydrogen-bond donors (Lipinski definition) is 2. The maximum absolute atomic E-state index is 12.9. The Balaban J connectivity index is 2.38. The molecule has 5 heteroatoms. The van der Waals surface area contributed by atoms with Gasteiger partial charge in [0.1, 0.15) is 11.6 Å². The van der Waals surface area contributed by atoms with Crippen LogP contribution in [0.25, 0.3) is 11.0 Å². The third kappa shape index (κ3) is 1.98. The first-order valence-electron chi connectivity index (χ1n) is 4.60. The molecule has 0 saturated heterocycles. The average Bonchev–Trinajstić information content (AvgIpc) is 2.60. The van der Waals surface area contributed by atoms with E-state index in [-0.39, 0.29) is 11.9 Å². The molecule has 2 rings (SSSR count). The highest BCUT2D eigenvalue weighted by Crippen LogP contribution is 2.15. The van der Waals surface area contributed by atoms with Gasteiger partial charge >= 0.3 is 0 Å². The number of rotatable bonds is 3. The summed E-state index contributed by atoms with van der Waals surface area (Å²) in [6.45, 7) is 0.377. The Morgan fingerprint density at radius 1 is 1.60 bits per heavy atom. The summed E-state index contributed by atoms with van der Waals surface area (Å²) in [5.74, 6) is 0.315. The number of hydrogen-bond acceptors (Lipinski definition) is 3. The summed E-state index contributed by atoms with van der Waals surface area (Å²) >= 11 is 0. The predicted octanol–water partition coefficient (Wildman–Crippen LogP) is 1.35. The number of nitrogens with zero attached hydrogens (tertiary/aromatic N) is 1. The number of nitrogens with two attached hydrogens (primary N) is 1. The van der Waals surface area contributed by atoms with Crippen LogP contribution >= 0.6 is 0 Å². The number of fused-ring (bicyclic) bond motifs is 1. The fourth-order valence-electron chi connectivity index (χ4n) is 1.44. The molecular formula is C10H12FN3O. The molecule has 0 aliphatic carbocycles. The van der Waals surface area contributed by atoms with Crippen molar-refractivity contribution < 1.29 is 9.13 Å². The van der Waals surface area contributed by atoms with Gasteiger partial charge in [0.15, 0.2) is 0 Å². The Labute approximate surface area is 86.3 Å². The summed E-state index contributed by atoms with van der Waals surface area (Å²) in [4.78, 5) is 7.21. The molecule has 4 nitrogen and oxygen atoms in total. The van der Waals surface area contributed by atoms with Gasteiger partial charge in [0.2, 0.25) is 0 Å². The molecule has 0 fully saturated rings. The van der Waals surface area contributed by atoms with E-state index < -0.39 is 0 Å². The Bertz CT molecular complexity index is 469. The van der Waals surface area contributed by atoms with E-state index in [4.69, 9.17) is 10.5 Å². The quantitative estimate of drug-likeness (QED) is 0.802. The number of ether oxygens (including phenoxy) is 1. The summed E-state index contributed by atoms with van der Waals surface area (Å²) in [5, 5.41) is 0. The number of imidazole rings is 1. The van der Waals surface area contributed by atoms with Gasteiger partial charge in [-0.25, -0.2) is 9.37 Å². The van der Waals surface area contributed by atoms with Gasteiger partial charge in [-0.2, -0.15) is 0 Å². The van der Waals surface area contributed by atoms with Crippen molar-refractivity contribution in [3.63, 3.8) is 0 Å². The largest absolute Gasteiger partial charge is 0.383 e. The molecule has 1 atom stereocenters. The van der Waals surface area contributed by atoms with Crippen LogP contribution in [0.3, 0.4) is 0 Å². The lowest BCUT2D eigenvalue weighted by molar-refractivity contribution is 0.178. The Hall–Kier alpha value is -1.46. The van der Waals surface area contributed by atoms with Crippen molar-refractivity contribution in [2.45, 2.75) is 6.04 Å². The van der Waals surface area contributed by atoms with E-state index in [9.17, 15) is 4.39 Å². The third-order valence-corrected chi connectivity index (χ3v) is 2.16. The molecule has 15 heavy (non-hydrogen) atoms. The van der Waals surface area contributed by atoms with Crippen LogP contribution in [0.1, 0.15) is 11.9 Å². The monoisotopic (exact) mass is 209 g/mol. The number of aromatic nitrogens is 2. The zero-order valence-electron chi connectivity index (χ0n) is 8.33. The minimum Gasteiger partial charge on any atom is -0.383 e. The van der Waals surface area contributed by atoms with E-state index in [0.717, 1.165) is 0 Å². The molecule has 0 aliphatic rings. The lowest BCUT2D eigenvalue weighted by atomic mass is 10.3. The van der Waals surface area contributed by atoms with Crippen LogP contribution in [0.2, 0.25) is 0 Å². The molecule has 0 radical (unpaired) electrons. The number of benzene rings is 1. The van der Waals surface area contributed by atoms with Gasteiger partial charge in [-0.05, 0) is 18.2 Å². The number of halogens is 1. The van der Waals surface area contributed by atoms with Gasteiger partial charge in [0.25, 0.3) is 0 Å². The van der Waals surface area contributed by atoms with Crippen LogP contribution in [0, 0.1) is 5.82 Å². The third-order valence-electron chi connectivity index (χ3n) is 2.16. The zero-order chi connectivity index (χ0) is 10.8. The van der Waals surface area contributed by atoms with Crippen molar-refractivity contribution in [2.75, 3.05) is 13.7 Å². The van der Waals surface area contributed by atoms with E-state index in [1.807, 2.05) is 0 Å². The highest BCUT2D eigenvalue weighted by molar-refractivity contribution is 5.75. The average molecular weight is 209 g/mol. The molecule has 3 N–H and O–H groups in total. The molecule has 1 unspecified atom stereocenters. The van der Waals surface area contributed by atoms with Gasteiger partial charge in [0.05, 0.1) is 23.7 Å². The fraction of sp³-hybridized carbons (Fsp3) is 0.300. The number of methoxy groups -OCH3 is 1. The Kier molecular flexibility index (Phi) is 2.66. The first kappa shape index (κ1) is 10.1. The SMILES string of the molecule is COCC(N)c1nc2ccc(F)cc2[nH]1. The normalized spacial score (nSPS) is 13.3. The van der Waals surface area contributed by atoms with E-state index in [0.29, 0.717) is 23.5 Å². The first-order valence-corrected chi connectivity index (χ1v) is 4.60. The van der Waals surface area contributed by atoms with Crippen LogP contribution in [-0.4, -0.2) is 23.7 Å². The summed E-state index contributed by atoms with van der Waals surface area (Å²) in [7, 11) is 1.57. The number of nitrogens with one attached hydrogen (secondary N) is 1.